The minimum atomic E-state index is 0.221. The number of allylic oxidation sites excluding steroid dienone is 2. The maximum absolute atomic E-state index is 12.2. The number of hydrogen-bond donors (Lipinski definition) is 0. The molecule has 2 heteroatoms. The van der Waals surface area contributed by atoms with Crippen LogP contribution in [0.15, 0.2) is 48.2 Å². The molecule has 0 amide bonds. The van der Waals surface area contributed by atoms with Crippen LogP contribution in [0.25, 0.3) is 10.9 Å². The van der Waals surface area contributed by atoms with Crippen LogP contribution in [0.3, 0.4) is 0 Å². The van der Waals surface area contributed by atoms with E-state index in [0.29, 0.717) is 6.42 Å². The fraction of sp³-hybridized carbons (Fsp3) is 0.333. The maximum atomic E-state index is 12.2. The first-order valence-corrected chi connectivity index (χ1v) is 7.38. The van der Waals surface area contributed by atoms with E-state index in [1.165, 1.54) is 24.8 Å². The summed E-state index contributed by atoms with van der Waals surface area (Å²) in [6, 6.07) is 9.96. The molecule has 102 valence electrons. The molecule has 0 spiro atoms. The van der Waals surface area contributed by atoms with Crippen molar-refractivity contribution in [3.8, 4) is 0 Å². The monoisotopic (exact) mass is 265 g/mol. The third kappa shape index (κ3) is 2.96. The molecule has 0 atom stereocenters. The van der Waals surface area contributed by atoms with Crippen LogP contribution in [0.1, 0.15) is 37.7 Å². The van der Waals surface area contributed by atoms with Gasteiger partial charge in [-0.2, -0.15) is 0 Å². The lowest BCUT2D eigenvalue weighted by atomic mass is 9.93. The van der Waals surface area contributed by atoms with Crippen LogP contribution in [-0.4, -0.2) is 10.8 Å². The maximum Gasteiger partial charge on any atom is 0.160 e. The number of rotatable bonds is 3. The Kier molecular flexibility index (Phi) is 3.91. The van der Waals surface area contributed by atoms with Gasteiger partial charge in [0, 0.05) is 18.0 Å². The largest absolute Gasteiger partial charge is 0.294 e. The van der Waals surface area contributed by atoms with Crippen LogP contribution in [0.5, 0.6) is 0 Å². The van der Waals surface area contributed by atoms with Gasteiger partial charge in [-0.05, 0) is 49.5 Å². The van der Waals surface area contributed by atoms with Crippen LogP contribution in [0.2, 0.25) is 0 Å². The van der Waals surface area contributed by atoms with Gasteiger partial charge in [-0.25, -0.2) is 0 Å². The Hall–Kier alpha value is -1.96. The second kappa shape index (κ2) is 6.00. The van der Waals surface area contributed by atoms with Gasteiger partial charge in [0.1, 0.15) is 0 Å². The zero-order valence-corrected chi connectivity index (χ0v) is 11.6. The number of carbonyl (C=O) groups is 1. The summed E-state index contributed by atoms with van der Waals surface area (Å²) in [5, 5.41) is 1.09. The Bertz CT molecular complexity index is 644. The lowest BCUT2D eigenvalue weighted by Crippen LogP contribution is -2.03. The highest BCUT2D eigenvalue weighted by Gasteiger charge is 2.09. The van der Waals surface area contributed by atoms with Crippen molar-refractivity contribution in [1.29, 1.82) is 0 Å². The van der Waals surface area contributed by atoms with Gasteiger partial charge in [0.25, 0.3) is 0 Å². The standard InChI is InChI=1S/C18H19NO/c20-16(12-14-6-2-1-3-7-14)13-15-10-11-19-18-9-5-4-8-17(15)18/h4-5,8-12H,1-3,6-7,13H2. The van der Waals surface area contributed by atoms with Gasteiger partial charge in [-0.1, -0.05) is 30.2 Å². The van der Waals surface area contributed by atoms with Crippen LogP contribution >= 0.6 is 0 Å². The van der Waals surface area contributed by atoms with Gasteiger partial charge in [0.15, 0.2) is 5.78 Å². The predicted octanol–water partition coefficient (Wildman–Crippen LogP) is 4.24. The normalized spacial score (nSPS) is 15.3. The lowest BCUT2D eigenvalue weighted by molar-refractivity contribution is -0.114. The van der Waals surface area contributed by atoms with Crippen molar-refractivity contribution in [3.63, 3.8) is 0 Å². The zero-order chi connectivity index (χ0) is 13.8. The van der Waals surface area contributed by atoms with Gasteiger partial charge >= 0.3 is 0 Å². The number of hydrogen-bond acceptors (Lipinski definition) is 2. The van der Waals surface area contributed by atoms with Crippen LogP contribution < -0.4 is 0 Å². The van der Waals surface area contributed by atoms with Gasteiger partial charge in [0.2, 0.25) is 0 Å². The molecule has 0 saturated heterocycles. The molecule has 2 nitrogen and oxygen atoms in total. The summed E-state index contributed by atoms with van der Waals surface area (Å²) in [5.41, 5.74) is 3.37. The number of fused-ring (bicyclic) bond motifs is 1. The van der Waals surface area contributed by atoms with Gasteiger partial charge < -0.3 is 0 Å². The van der Waals surface area contributed by atoms with Crippen molar-refractivity contribution in [2.24, 2.45) is 0 Å². The number of pyridine rings is 1. The van der Waals surface area contributed by atoms with Gasteiger partial charge in [0.05, 0.1) is 5.52 Å². The van der Waals surface area contributed by atoms with Crippen molar-refractivity contribution in [2.75, 3.05) is 0 Å². The van der Waals surface area contributed by atoms with E-state index in [9.17, 15) is 4.79 Å². The van der Waals surface area contributed by atoms with Crippen LogP contribution in [0.4, 0.5) is 0 Å². The third-order valence-corrected chi connectivity index (χ3v) is 3.96. The van der Waals surface area contributed by atoms with Crippen molar-refractivity contribution < 1.29 is 4.79 Å². The number of nitrogens with zero attached hydrogens (tertiary/aromatic N) is 1. The average Bonchev–Trinajstić information content (AvgIpc) is 2.48. The Balaban J connectivity index is 1.80. The molecule has 1 aromatic carbocycles. The number of ketones is 1. The predicted molar refractivity (Wildman–Crippen MR) is 81.6 cm³/mol. The van der Waals surface area contributed by atoms with E-state index in [0.717, 1.165) is 29.3 Å². The highest BCUT2D eigenvalue weighted by molar-refractivity contribution is 5.95. The second-order valence-corrected chi connectivity index (χ2v) is 5.49. The van der Waals surface area contributed by atoms with E-state index < -0.39 is 0 Å². The second-order valence-electron chi connectivity index (χ2n) is 5.49. The zero-order valence-electron chi connectivity index (χ0n) is 11.6. The molecule has 1 aliphatic carbocycles. The van der Waals surface area contributed by atoms with E-state index in [4.69, 9.17) is 0 Å². The van der Waals surface area contributed by atoms with Crippen LogP contribution in [0, 0.1) is 0 Å². The molecule has 0 bridgehead atoms. The third-order valence-electron chi connectivity index (χ3n) is 3.96. The number of aromatic nitrogens is 1. The molecule has 20 heavy (non-hydrogen) atoms. The van der Waals surface area contributed by atoms with E-state index in [-0.39, 0.29) is 5.78 Å². The summed E-state index contributed by atoms with van der Waals surface area (Å²) in [4.78, 5) is 16.6. The topological polar surface area (TPSA) is 30.0 Å². The molecule has 2 aromatic rings. The Morgan fingerprint density at radius 1 is 1.10 bits per heavy atom. The molecule has 0 N–H and O–H groups in total. The first-order chi connectivity index (χ1) is 9.83. The van der Waals surface area contributed by atoms with Crippen LogP contribution in [-0.2, 0) is 11.2 Å². The molecule has 1 aliphatic rings. The van der Waals surface area contributed by atoms with E-state index in [2.05, 4.69) is 4.98 Å². The molecule has 1 heterocycles. The Morgan fingerprint density at radius 2 is 1.90 bits per heavy atom. The molecule has 0 unspecified atom stereocenters. The molecule has 1 fully saturated rings. The molecule has 0 radical (unpaired) electrons. The van der Waals surface area contributed by atoms with Crippen molar-refractivity contribution in [3.05, 3.63) is 53.7 Å². The molecular weight excluding hydrogens is 246 g/mol. The van der Waals surface area contributed by atoms with Gasteiger partial charge in [-0.15, -0.1) is 0 Å². The first kappa shape index (κ1) is 13.0. The van der Waals surface area contributed by atoms with E-state index in [1.807, 2.05) is 36.4 Å². The van der Waals surface area contributed by atoms with E-state index in [1.54, 1.807) is 6.20 Å². The summed E-state index contributed by atoms with van der Waals surface area (Å²) in [6.07, 6.45) is 10.1. The van der Waals surface area contributed by atoms with Crippen molar-refractivity contribution in [1.82, 2.24) is 4.98 Å². The summed E-state index contributed by atoms with van der Waals surface area (Å²) in [6.45, 7) is 0. The Morgan fingerprint density at radius 3 is 2.75 bits per heavy atom. The Labute approximate surface area is 119 Å². The van der Waals surface area contributed by atoms with E-state index >= 15 is 0 Å². The minimum Gasteiger partial charge on any atom is -0.294 e. The molecule has 1 saturated carbocycles. The average molecular weight is 265 g/mol. The highest BCUT2D eigenvalue weighted by Crippen LogP contribution is 2.23. The molecule has 1 aromatic heterocycles. The smallest absolute Gasteiger partial charge is 0.160 e. The quantitative estimate of drug-likeness (QED) is 0.777. The fourth-order valence-corrected chi connectivity index (χ4v) is 2.93. The number of carbonyl (C=O) groups excluding carboxylic acids is 1. The minimum absolute atomic E-state index is 0.221. The molecule has 0 aliphatic heterocycles. The molecule has 3 rings (SSSR count). The number of para-hydroxylation sites is 1. The summed E-state index contributed by atoms with van der Waals surface area (Å²) in [7, 11) is 0. The number of benzene rings is 1. The highest BCUT2D eigenvalue weighted by atomic mass is 16.1. The fourth-order valence-electron chi connectivity index (χ4n) is 2.93. The first-order valence-electron chi connectivity index (χ1n) is 7.38. The SMILES string of the molecule is O=C(C=C1CCCCC1)Cc1ccnc2ccccc12. The van der Waals surface area contributed by atoms with Gasteiger partial charge in [-0.3, -0.25) is 9.78 Å². The van der Waals surface area contributed by atoms with Crippen molar-refractivity contribution >= 4 is 16.7 Å². The summed E-state index contributed by atoms with van der Waals surface area (Å²) in [5.74, 6) is 0.221. The van der Waals surface area contributed by atoms with Crippen molar-refractivity contribution in [2.45, 2.75) is 38.5 Å². The summed E-state index contributed by atoms with van der Waals surface area (Å²) < 4.78 is 0. The lowest BCUT2D eigenvalue weighted by Gasteiger charge is -2.13. The summed E-state index contributed by atoms with van der Waals surface area (Å²) >= 11 is 0. The molecular formula is C18H19NO.